The summed E-state index contributed by atoms with van der Waals surface area (Å²) >= 11 is 1.46. The molecule has 0 bridgehead atoms. The molecule has 1 fully saturated rings. The first-order valence-electron chi connectivity index (χ1n) is 11.1. The van der Waals surface area contributed by atoms with Gasteiger partial charge < -0.3 is 9.80 Å². The van der Waals surface area contributed by atoms with Crippen LogP contribution in [-0.4, -0.2) is 62.4 Å². The standard InChI is InChI=1S/C26H23N3O4S2/c1-35(32,33)21-11-12-22-23(17-21)34-26(27-22)29-15-13-28(14-16-29)25(31)20-9-7-19(8-10-20)24(30)18-5-3-2-4-6-18/h2-12,17H,13-16H2,1H3. The molecule has 0 spiro atoms. The number of benzene rings is 3. The number of ketones is 1. The smallest absolute Gasteiger partial charge is 0.253 e. The van der Waals surface area contributed by atoms with Gasteiger partial charge in [0.2, 0.25) is 0 Å². The lowest BCUT2D eigenvalue weighted by Gasteiger charge is -2.34. The van der Waals surface area contributed by atoms with Crippen molar-refractivity contribution in [2.24, 2.45) is 0 Å². The van der Waals surface area contributed by atoms with Gasteiger partial charge in [0.1, 0.15) is 0 Å². The van der Waals surface area contributed by atoms with Gasteiger partial charge in [-0.2, -0.15) is 0 Å². The number of nitrogens with zero attached hydrogens (tertiary/aromatic N) is 3. The summed E-state index contributed by atoms with van der Waals surface area (Å²) in [4.78, 5) is 34.5. The molecule has 2 heterocycles. The van der Waals surface area contributed by atoms with Gasteiger partial charge in [0.15, 0.2) is 20.8 Å². The zero-order chi connectivity index (χ0) is 24.6. The fraction of sp³-hybridized carbons (Fsp3) is 0.192. The van der Waals surface area contributed by atoms with E-state index in [1.165, 1.54) is 17.6 Å². The maximum absolute atomic E-state index is 13.0. The molecule has 1 aliphatic heterocycles. The van der Waals surface area contributed by atoms with Crippen LogP contribution >= 0.6 is 11.3 Å². The van der Waals surface area contributed by atoms with E-state index in [-0.39, 0.29) is 16.6 Å². The van der Waals surface area contributed by atoms with Crippen molar-refractivity contribution in [1.82, 2.24) is 9.88 Å². The van der Waals surface area contributed by atoms with Crippen LogP contribution in [0.15, 0.2) is 77.7 Å². The summed E-state index contributed by atoms with van der Waals surface area (Å²) in [6, 6.07) is 20.9. The summed E-state index contributed by atoms with van der Waals surface area (Å²) in [6.45, 7) is 2.37. The van der Waals surface area contributed by atoms with Gasteiger partial charge >= 0.3 is 0 Å². The number of carbonyl (C=O) groups excluding carboxylic acids is 2. The minimum Gasteiger partial charge on any atom is -0.345 e. The number of thiazole rings is 1. The van der Waals surface area contributed by atoms with Crippen LogP contribution in [0.3, 0.4) is 0 Å². The molecule has 1 aromatic heterocycles. The third-order valence-corrected chi connectivity index (χ3v) is 8.23. The van der Waals surface area contributed by atoms with Crippen LogP contribution in [0, 0.1) is 0 Å². The van der Waals surface area contributed by atoms with Crippen LogP contribution in [0.4, 0.5) is 5.13 Å². The maximum Gasteiger partial charge on any atom is 0.253 e. The highest BCUT2D eigenvalue weighted by Crippen LogP contribution is 2.31. The molecule has 178 valence electrons. The summed E-state index contributed by atoms with van der Waals surface area (Å²) < 4.78 is 24.5. The lowest BCUT2D eigenvalue weighted by atomic mass is 10.0. The number of rotatable bonds is 5. The molecule has 1 amide bonds. The fourth-order valence-corrected chi connectivity index (χ4v) is 5.84. The molecule has 9 heteroatoms. The van der Waals surface area contributed by atoms with Crippen LogP contribution in [0.5, 0.6) is 0 Å². The molecule has 35 heavy (non-hydrogen) atoms. The van der Waals surface area contributed by atoms with Crippen LogP contribution in [0.2, 0.25) is 0 Å². The van der Waals surface area contributed by atoms with E-state index in [1.807, 2.05) is 18.2 Å². The number of piperazine rings is 1. The van der Waals surface area contributed by atoms with Crippen molar-refractivity contribution in [3.63, 3.8) is 0 Å². The number of anilines is 1. The maximum atomic E-state index is 13.0. The van der Waals surface area contributed by atoms with E-state index in [1.54, 1.807) is 59.5 Å². The number of aromatic nitrogens is 1. The van der Waals surface area contributed by atoms with Crippen LogP contribution in [-0.2, 0) is 9.84 Å². The summed E-state index contributed by atoms with van der Waals surface area (Å²) in [7, 11) is -3.27. The van der Waals surface area contributed by atoms with Gasteiger partial charge in [0.05, 0.1) is 15.1 Å². The Hall–Kier alpha value is -3.56. The predicted octanol–water partition coefficient (Wildman–Crippen LogP) is 3.89. The first-order chi connectivity index (χ1) is 16.8. The average Bonchev–Trinajstić information content (AvgIpc) is 3.32. The molecular weight excluding hydrogens is 482 g/mol. The molecule has 0 aliphatic carbocycles. The third-order valence-electron chi connectivity index (χ3n) is 6.04. The van der Waals surface area contributed by atoms with Gasteiger partial charge in [0.25, 0.3) is 5.91 Å². The highest BCUT2D eigenvalue weighted by molar-refractivity contribution is 7.90. The van der Waals surface area contributed by atoms with E-state index < -0.39 is 9.84 Å². The Kier molecular flexibility index (Phi) is 6.12. The predicted molar refractivity (Wildman–Crippen MR) is 137 cm³/mol. The Balaban J connectivity index is 1.24. The Labute approximate surface area is 207 Å². The van der Waals surface area contributed by atoms with E-state index in [4.69, 9.17) is 0 Å². The largest absolute Gasteiger partial charge is 0.345 e. The second kappa shape index (κ2) is 9.24. The second-order valence-corrected chi connectivity index (χ2v) is 11.5. The van der Waals surface area contributed by atoms with E-state index in [0.29, 0.717) is 42.9 Å². The van der Waals surface area contributed by atoms with Gasteiger partial charge in [0, 0.05) is 49.1 Å². The molecule has 0 N–H and O–H groups in total. The van der Waals surface area contributed by atoms with Crippen molar-refractivity contribution < 1.29 is 18.0 Å². The minimum absolute atomic E-state index is 0.0644. The van der Waals surface area contributed by atoms with Gasteiger partial charge in [-0.3, -0.25) is 9.59 Å². The summed E-state index contributed by atoms with van der Waals surface area (Å²) in [5, 5.41) is 0.821. The van der Waals surface area contributed by atoms with Gasteiger partial charge in [-0.1, -0.05) is 53.8 Å². The molecule has 0 atom stereocenters. The summed E-state index contributed by atoms with van der Waals surface area (Å²) in [5.74, 6) is -0.136. The van der Waals surface area contributed by atoms with Crippen molar-refractivity contribution in [3.8, 4) is 0 Å². The summed E-state index contributed by atoms with van der Waals surface area (Å²) in [6.07, 6.45) is 1.20. The van der Waals surface area contributed by atoms with Gasteiger partial charge in [-0.05, 0) is 30.3 Å². The van der Waals surface area contributed by atoms with Crippen molar-refractivity contribution >= 4 is 48.2 Å². The molecular formula is C26H23N3O4S2. The van der Waals surface area contributed by atoms with E-state index >= 15 is 0 Å². The second-order valence-electron chi connectivity index (χ2n) is 8.45. The first-order valence-corrected chi connectivity index (χ1v) is 13.8. The number of hydrogen-bond acceptors (Lipinski definition) is 7. The zero-order valence-corrected chi connectivity index (χ0v) is 20.7. The van der Waals surface area contributed by atoms with E-state index in [0.717, 1.165) is 15.3 Å². The highest BCUT2D eigenvalue weighted by atomic mass is 32.2. The summed E-state index contributed by atoms with van der Waals surface area (Å²) in [5.41, 5.74) is 2.48. The molecule has 0 radical (unpaired) electrons. The molecule has 7 nitrogen and oxygen atoms in total. The molecule has 3 aromatic carbocycles. The Morgan fingerprint density at radius 1 is 0.829 bits per heavy atom. The average molecular weight is 506 g/mol. The lowest BCUT2D eigenvalue weighted by molar-refractivity contribution is 0.0746. The number of sulfone groups is 1. The van der Waals surface area contributed by atoms with Crippen molar-refractivity contribution in [1.29, 1.82) is 0 Å². The van der Waals surface area contributed by atoms with E-state index in [9.17, 15) is 18.0 Å². The quantitative estimate of drug-likeness (QED) is 0.383. The lowest BCUT2D eigenvalue weighted by Crippen LogP contribution is -2.48. The van der Waals surface area contributed by atoms with Crippen LogP contribution < -0.4 is 4.90 Å². The number of hydrogen-bond donors (Lipinski definition) is 0. The molecule has 5 rings (SSSR count). The zero-order valence-electron chi connectivity index (χ0n) is 19.0. The molecule has 0 unspecified atom stereocenters. The van der Waals surface area contributed by atoms with Crippen LogP contribution in [0.25, 0.3) is 10.2 Å². The highest BCUT2D eigenvalue weighted by Gasteiger charge is 2.24. The monoisotopic (exact) mass is 505 g/mol. The van der Waals surface area contributed by atoms with Crippen molar-refractivity contribution in [2.75, 3.05) is 37.3 Å². The number of amides is 1. The Bertz CT molecular complexity index is 1510. The number of carbonyl (C=O) groups is 2. The fourth-order valence-electron chi connectivity index (χ4n) is 4.06. The molecule has 4 aromatic rings. The Morgan fingerprint density at radius 2 is 1.46 bits per heavy atom. The third kappa shape index (κ3) is 4.82. The topological polar surface area (TPSA) is 87.7 Å². The normalized spacial score (nSPS) is 14.3. The van der Waals surface area contributed by atoms with Crippen molar-refractivity contribution in [2.45, 2.75) is 4.90 Å². The SMILES string of the molecule is CS(=O)(=O)c1ccc2nc(N3CCN(C(=O)c4ccc(C(=O)c5ccccc5)cc4)CC3)sc2c1. The minimum atomic E-state index is -3.27. The molecule has 1 aliphatic rings. The number of fused-ring (bicyclic) bond motifs is 1. The van der Waals surface area contributed by atoms with Gasteiger partial charge in [-0.25, -0.2) is 13.4 Å². The molecule has 1 saturated heterocycles. The molecule has 0 saturated carbocycles. The Morgan fingerprint density at radius 3 is 2.11 bits per heavy atom. The van der Waals surface area contributed by atoms with Crippen LogP contribution in [0.1, 0.15) is 26.3 Å². The van der Waals surface area contributed by atoms with Crippen molar-refractivity contribution in [3.05, 3.63) is 89.5 Å². The van der Waals surface area contributed by atoms with E-state index in [2.05, 4.69) is 9.88 Å². The van der Waals surface area contributed by atoms with Gasteiger partial charge in [-0.15, -0.1) is 0 Å². The first kappa shape index (κ1) is 23.2.